The van der Waals surface area contributed by atoms with Gasteiger partial charge in [0.2, 0.25) is 0 Å². The van der Waals surface area contributed by atoms with Gasteiger partial charge in [0.05, 0.1) is 139 Å². The molecule has 0 bridgehead atoms. The molecule has 635 valence electrons. The first kappa shape index (κ1) is 129. The zero-order chi connectivity index (χ0) is 78.7. The maximum atomic E-state index is 11.4. The molecule has 0 aromatic carbocycles. The Morgan fingerprint density at radius 3 is 1.49 bits per heavy atom. The van der Waals surface area contributed by atoms with E-state index >= 15 is 0 Å². The smallest absolute Gasteiger partial charge is 1.00 e. The topological polar surface area (TPSA) is 479 Å². The van der Waals surface area contributed by atoms with E-state index in [4.69, 9.17) is 14.4 Å². The Bertz CT molecular complexity index is 3110. The van der Waals surface area contributed by atoms with Crippen LogP contribution in [0.25, 0.3) is 0 Å². The summed E-state index contributed by atoms with van der Waals surface area (Å²) in [5, 5.41) is 26.1. The Balaban J connectivity index is -0.0000000985. The predicted molar refractivity (Wildman–Crippen MR) is 421 cm³/mol. The molecule has 31 nitrogen and oxygen atoms in total. The van der Waals surface area contributed by atoms with E-state index in [-0.39, 0.29) is 198 Å². The van der Waals surface area contributed by atoms with Crippen LogP contribution >= 0.6 is 71.2 Å². The fraction of sp³-hybridized carbons (Fsp3) is 0.766. The van der Waals surface area contributed by atoms with Gasteiger partial charge in [-0.25, -0.2) is 34.8 Å². The number of thioether (sulfide) groups is 5. The quantitative estimate of drug-likeness (QED) is 0.0283. The molecule has 7 heterocycles. The summed E-state index contributed by atoms with van der Waals surface area (Å²) in [6.07, 6.45) is 9.22. The second-order valence-electron chi connectivity index (χ2n) is 22.4. The first-order chi connectivity index (χ1) is 47.9. The van der Waals surface area contributed by atoms with Gasteiger partial charge in [-0.1, -0.05) is 32.9 Å². The standard InChI is InChI=1S/C8H14O5S2.C7H12O4S.C7H10O4S.C7H12O3S.C7H10O3S.C7H12O3S.C7H10O2S.C6H15N.C6H10O4S.CH3O.CH3.B.ClH.2Na.H2O.Pd.H2.H/c1-12-8(9)6-5-14-4-3-7(6)13-15(2,10)11;2*1-11-7(8)6-3-2-4-12(9,10)5-6;2*1-10-7(9)5-4-11-3-2-6(5)8;1-6(8)5-11-4-3-7(9)10-2;1-9-7(8)6-3-2-4-10-5-6;1-4-7(5-2)6-3;7-6(8)5-2-1-3-11(9,10)4-5;1-2;;;;;;;;;/h6-7H,3-5H2,1-2H3;6H,2-5H2,1H3;3H,2,4-5H2,1H3;5-6,8H,2-4H2,1H3;5H,2-4H2,1H3;3-5H2,1-2H3;3H,2,4-5H2,1H3;4-6H2,1-3H3;5H,1-4H2,(H,7,8);1H3;1H3;;1H;;;1H2;;1H;/q;;;;;;;;;2*-1;;;2*+1;;;;-1. The number of hydrogen-bond donors (Lipinski definition) is 2. The molecule has 109 heavy (non-hydrogen) atoms. The number of sulfone groups is 3. The molecule has 45 heteroatoms. The van der Waals surface area contributed by atoms with Gasteiger partial charge in [-0.2, -0.15) is 74.3 Å². The zero-order valence-electron chi connectivity index (χ0n) is 66.5. The van der Waals surface area contributed by atoms with E-state index in [1.165, 1.54) is 88.1 Å². The summed E-state index contributed by atoms with van der Waals surface area (Å²) in [6.45, 7) is 11.7. The fourth-order valence-corrected chi connectivity index (χ4v) is 19.6. The Kier molecular flexibility index (Phi) is 88.0. The summed E-state index contributed by atoms with van der Waals surface area (Å²) < 4.78 is 124. The number of carbonyl (C=O) groups is 10. The third-order valence-corrected chi connectivity index (χ3v) is 26.0. The number of halogens is 1. The number of aliphatic hydroxyl groups excluding tert-OH is 1. The van der Waals surface area contributed by atoms with Crippen molar-refractivity contribution in [1.29, 1.82) is 0 Å². The first-order valence-electron chi connectivity index (χ1n) is 32.3. The number of methoxy groups -OCH3 is 7. The number of ether oxygens (including phenoxy) is 7. The van der Waals surface area contributed by atoms with Crippen molar-refractivity contribution in [1.82, 2.24) is 4.90 Å². The van der Waals surface area contributed by atoms with Crippen molar-refractivity contribution in [3.05, 3.63) is 30.7 Å². The molecule has 7 atom stereocenters. The van der Waals surface area contributed by atoms with Crippen LogP contribution in [-0.2, 0) is 145 Å². The number of ketones is 2. The minimum atomic E-state index is -3.52. The van der Waals surface area contributed by atoms with Crippen molar-refractivity contribution in [3.8, 4) is 0 Å². The van der Waals surface area contributed by atoms with Crippen LogP contribution in [0.2, 0.25) is 0 Å². The number of aliphatic hydroxyl groups is 1. The van der Waals surface area contributed by atoms with E-state index in [1.807, 2.05) is 6.08 Å². The van der Waals surface area contributed by atoms with E-state index in [2.05, 4.69) is 58.8 Å². The Hall–Kier alpha value is -1.05. The van der Waals surface area contributed by atoms with E-state index in [0.717, 1.165) is 54.1 Å². The molecule has 5 fully saturated rings. The maximum Gasteiger partial charge on any atom is 1.00 e. The molecule has 7 rings (SSSR count). The average Bonchev–Trinajstić information content (AvgIpc) is 0.791. The van der Waals surface area contributed by atoms with Gasteiger partial charge in [0.15, 0.2) is 29.5 Å². The van der Waals surface area contributed by atoms with Gasteiger partial charge >= 0.3 is 107 Å². The van der Waals surface area contributed by atoms with Crippen molar-refractivity contribution in [2.45, 2.75) is 104 Å². The normalized spacial score (nSPS) is 21.1. The van der Waals surface area contributed by atoms with Crippen LogP contribution in [0, 0.1) is 37.0 Å². The maximum absolute atomic E-state index is 11.4. The van der Waals surface area contributed by atoms with E-state index < -0.39 is 99.4 Å². The average molecular weight is 1870 g/mol. The number of nitrogens with zero attached hydrogens (tertiary/aromatic N) is 1. The van der Waals surface area contributed by atoms with Gasteiger partial charge in [-0.15, -0.1) is 12.4 Å². The molecule has 0 saturated carbocycles. The van der Waals surface area contributed by atoms with E-state index in [0.29, 0.717) is 86.6 Å². The molecule has 3 radical (unpaired) electrons. The Morgan fingerprint density at radius 1 is 0.633 bits per heavy atom. The zero-order valence-corrected chi connectivity index (χ0v) is 79.3. The molecular formula is C64H117BClNNa2O30PdS9-. The van der Waals surface area contributed by atoms with Crippen molar-refractivity contribution in [2.75, 3.05) is 175 Å². The minimum Gasteiger partial charge on any atom is -1.00 e. The van der Waals surface area contributed by atoms with Gasteiger partial charge < -0.3 is 67.7 Å². The van der Waals surface area contributed by atoms with E-state index in [9.17, 15) is 86.7 Å². The van der Waals surface area contributed by atoms with Crippen molar-refractivity contribution < 1.29 is 222 Å². The van der Waals surface area contributed by atoms with Crippen LogP contribution in [0.4, 0.5) is 0 Å². The molecule has 0 aromatic heterocycles. The monoisotopic (exact) mass is 1870 g/mol. The van der Waals surface area contributed by atoms with Crippen LogP contribution in [0.15, 0.2) is 23.3 Å². The third kappa shape index (κ3) is 63.7. The van der Waals surface area contributed by atoms with Crippen LogP contribution in [0.5, 0.6) is 0 Å². The van der Waals surface area contributed by atoms with E-state index in [1.54, 1.807) is 53.1 Å². The van der Waals surface area contributed by atoms with Crippen LogP contribution in [-0.4, -0.2) is 309 Å². The number of Topliss-reactive ketones (excluding diaryl/α,β-unsaturated/α-hetero) is 2. The van der Waals surface area contributed by atoms with Gasteiger partial charge in [0.1, 0.15) is 17.5 Å². The Labute approximate surface area is 737 Å². The molecule has 0 spiro atoms. The number of esters is 7. The minimum absolute atomic E-state index is 0. The molecule has 7 unspecified atom stereocenters. The summed E-state index contributed by atoms with van der Waals surface area (Å²) >= 11 is 8.15. The molecular weight excluding hydrogens is 1750 g/mol. The van der Waals surface area contributed by atoms with Crippen molar-refractivity contribution in [3.63, 3.8) is 0 Å². The number of rotatable bonds is 17. The summed E-state index contributed by atoms with van der Waals surface area (Å²) in [7, 11) is -2.61. The number of carbonyl (C=O) groups excluding carboxylic acids is 9. The summed E-state index contributed by atoms with van der Waals surface area (Å²) in [5.41, 5.74) is 1.07. The number of aliphatic carboxylic acids is 1. The molecule has 0 aromatic rings. The van der Waals surface area contributed by atoms with Crippen LogP contribution < -0.4 is 64.2 Å². The van der Waals surface area contributed by atoms with Gasteiger partial charge in [-0.3, -0.25) is 42.5 Å². The first-order valence-corrected chi connectivity index (χ1v) is 45.3. The van der Waals surface area contributed by atoms with Crippen molar-refractivity contribution >= 4 is 179 Å². The number of allylic oxidation sites excluding steroid dienone is 2. The number of carboxylic acids is 1. The Morgan fingerprint density at radius 2 is 1.09 bits per heavy atom. The van der Waals surface area contributed by atoms with Crippen LogP contribution in [0.1, 0.15) is 94.8 Å². The van der Waals surface area contributed by atoms with Crippen LogP contribution in [0.3, 0.4) is 0 Å². The second-order valence-corrected chi connectivity index (χ2v) is 36.3. The summed E-state index contributed by atoms with van der Waals surface area (Å²) in [6, 6.07) is 0. The number of hydrogen-bond acceptors (Lipinski definition) is 34. The second kappa shape index (κ2) is 74.5. The molecule has 0 amide bonds. The predicted octanol–water partition coefficient (Wildman–Crippen LogP) is -2.75. The molecule has 7 aliphatic rings. The van der Waals surface area contributed by atoms with Gasteiger partial charge in [-0.05, 0) is 95.2 Å². The molecule has 0 aliphatic carbocycles. The SMILES string of the molecule is CCN(CC)CC.COC(=O)C1=CCCS(=O)(=O)C1.COC(=O)C1=CCCSC1.COC(=O)C1CCCS(=O)(=O)C1.COC(=O)C1CSCCC1=O.COC(=O)C1CSCCC1O.COC(=O)C1CSCCC1OS(C)(=O)=O.COC(=O)CCSCC(C)=O.C[O-].Cl.O.O=C(O)C1CCCS(=O)(=O)C1.[B].[CH3-].[H-].[HH].[Na+].[Na+].[Pd]. The molecule has 4 N–H and O–H groups in total. The molecule has 5 saturated heterocycles. The third-order valence-electron chi connectivity index (χ3n) is 14.7. The van der Waals surface area contributed by atoms with Crippen molar-refractivity contribution in [2.24, 2.45) is 29.6 Å². The van der Waals surface area contributed by atoms with Gasteiger partial charge in [0.25, 0.3) is 10.1 Å². The largest absolute Gasteiger partial charge is 1.00 e. The summed E-state index contributed by atoms with van der Waals surface area (Å²) in [5.74, 6) is 1.92. The summed E-state index contributed by atoms with van der Waals surface area (Å²) in [4.78, 5) is 111. The fourth-order valence-electron chi connectivity index (χ4n) is 9.14. The molecule has 7 aliphatic heterocycles. The van der Waals surface area contributed by atoms with Gasteiger partial charge in [0, 0.05) is 82.3 Å². The number of carboxylic acid groups (broad SMARTS) is 1.